The summed E-state index contributed by atoms with van der Waals surface area (Å²) in [4.78, 5) is 12.6. The Labute approximate surface area is 195 Å². The first-order chi connectivity index (χ1) is 15.2. The lowest BCUT2D eigenvalue weighted by molar-refractivity contribution is -0.119. The van der Waals surface area contributed by atoms with Crippen LogP contribution in [0.25, 0.3) is 0 Å². The number of amides is 1. The number of hydrogen-bond acceptors (Lipinski definition) is 6. The van der Waals surface area contributed by atoms with Crippen molar-refractivity contribution >= 4 is 43.8 Å². The van der Waals surface area contributed by atoms with Crippen molar-refractivity contribution in [3.8, 4) is 5.75 Å². The molecule has 2 aromatic carbocycles. The number of nitrogens with zero attached hydrogens (tertiary/aromatic N) is 2. The van der Waals surface area contributed by atoms with E-state index in [1.54, 1.807) is 49.4 Å². The Bertz CT molecular complexity index is 1200. The van der Waals surface area contributed by atoms with Crippen LogP contribution in [0.1, 0.15) is 17.1 Å². The number of methoxy groups -OCH3 is 1. The first-order valence-corrected chi connectivity index (χ1v) is 11.8. The van der Waals surface area contributed by atoms with Gasteiger partial charge in [0.1, 0.15) is 23.8 Å². The van der Waals surface area contributed by atoms with Gasteiger partial charge in [0.05, 0.1) is 28.4 Å². The number of ether oxygens (including phenoxy) is 1. The van der Waals surface area contributed by atoms with Gasteiger partial charge in [0, 0.05) is 6.07 Å². The fraction of sp³-hybridized carbons (Fsp3) is 0.182. The van der Waals surface area contributed by atoms with Crippen LogP contribution in [0, 0.1) is 13.8 Å². The van der Waals surface area contributed by atoms with E-state index in [0.717, 1.165) is 14.3 Å². The lowest BCUT2D eigenvalue weighted by Gasteiger charge is -2.24. The molecule has 0 saturated carbocycles. The SMILES string of the molecule is COc1ccc(N(CC(=O)N/N=C/c2cc(Br)c(C)o2)S(=O)(=O)c2ccc(C)cc2)cc1. The van der Waals surface area contributed by atoms with E-state index in [0.29, 0.717) is 23.0 Å². The summed E-state index contributed by atoms with van der Waals surface area (Å²) < 4.78 is 39.0. The number of hydrogen-bond donors (Lipinski definition) is 1. The van der Waals surface area contributed by atoms with Gasteiger partial charge in [0.25, 0.3) is 15.9 Å². The standard InChI is InChI=1S/C22H22BrN3O5S/c1-15-4-10-20(11-5-15)32(28,29)26(17-6-8-18(30-3)9-7-17)14-22(27)25-24-13-19-12-21(23)16(2)31-19/h4-13H,14H2,1-3H3,(H,25,27)/b24-13+. The van der Waals surface area contributed by atoms with E-state index in [4.69, 9.17) is 9.15 Å². The molecule has 0 unspecified atom stereocenters. The monoisotopic (exact) mass is 519 g/mol. The van der Waals surface area contributed by atoms with Crippen LogP contribution in [0.5, 0.6) is 5.75 Å². The van der Waals surface area contributed by atoms with Gasteiger partial charge in [-0.2, -0.15) is 5.10 Å². The number of benzene rings is 2. The quantitative estimate of drug-likeness (QED) is 0.357. The molecule has 0 atom stereocenters. The molecule has 1 amide bonds. The molecule has 0 aliphatic rings. The lowest BCUT2D eigenvalue weighted by atomic mass is 10.2. The van der Waals surface area contributed by atoms with Gasteiger partial charge in [-0.25, -0.2) is 13.8 Å². The van der Waals surface area contributed by atoms with Crippen LogP contribution >= 0.6 is 15.9 Å². The van der Waals surface area contributed by atoms with Gasteiger partial charge in [-0.05, 0) is 66.2 Å². The minimum Gasteiger partial charge on any atom is -0.497 e. The van der Waals surface area contributed by atoms with Gasteiger partial charge in [-0.1, -0.05) is 17.7 Å². The molecule has 0 radical (unpaired) electrons. The summed E-state index contributed by atoms with van der Waals surface area (Å²) in [5.74, 6) is 1.06. The Kier molecular flexibility index (Phi) is 7.37. The van der Waals surface area contributed by atoms with Gasteiger partial charge in [0.2, 0.25) is 0 Å². The Hall–Kier alpha value is -3.11. The second-order valence-electron chi connectivity index (χ2n) is 6.87. The highest BCUT2D eigenvalue weighted by Crippen LogP contribution is 2.26. The molecule has 1 aromatic heterocycles. The van der Waals surface area contributed by atoms with Gasteiger partial charge in [-0.3, -0.25) is 9.10 Å². The summed E-state index contributed by atoms with van der Waals surface area (Å²) in [6.07, 6.45) is 1.34. The summed E-state index contributed by atoms with van der Waals surface area (Å²) in [7, 11) is -2.50. The van der Waals surface area contributed by atoms with Gasteiger partial charge in [0.15, 0.2) is 0 Å². The molecule has 0 saturated heterocycles. The second-order valence-corrected chi connectivity index (χ2v) is 9.59. The van der Waals surface area contributed by atoms with E-state index in [1.807, 2.05) is 6.92 Å². The molecule has 1 N–H and O–H groups in total. The average Bonchev–Trinajstić information content (AvgIpc) is 3.09. The average molecular weight is 520 g/mol. The first-order valence-electron chi connectivity index (χ1n) is 9.52. The van der Waals surface area contributed by atoms with Crippen molar-refractivity contribution in [1.29, 1.82) is 0 Å². The Morgan fingerprint density at radius 1 is 1.16 bits per heavy atom. The second kappa shape index (κ2) is 10.0. The molecule has 8 nitrogen and oxygen atoms in total. The minimum atomic E-state index is -4.01. The van der Waals surface area contributed by atoms with E-state index >= 15 is 0 Å². The fourth-order valence-electron chi connectivity index (χ4n) is 2.78. The van der Waals surface area contributed by atoms with Crippen LogP contribution in [-0.4, -0.2) is 34.2 Å². The largest absolute Gasteiger partial charge is 0.497 e. The van der Waals surface area contributed by atoms with E-state index in [1.165, 1.54) is 25.5 Å². The summed E-state index contributed by atoms with van der Waals surface area (Å²) >= 11 is 3.33. The maximum Gasteiger partial charge on any atom is 0.264 e. The van der Waals surface area contributed by atoms with Crippen molar-refractivity contribution in [2.24, 2.45) is 5.10 Å². The third-order valence-electron chi connectivity index (χ3n) is 4.51. The van der Waals surface area contributed by atoms with Crippen LogP contribution in [0.3, 0.4) is 0 Å². The van der Waals surface area contributed by atoms with Crippen LogP contribution in [0.15, 0.2) is 73.5 Å². The van der Waals surface area contributed by atoms with Crippen LogP contribution in [0.2, 0.25) is 0 Å². The van der Waals surface area contributed by atoms with Gasteiger partial charge >= 0.3 is 0 Å². The number of hydrazone groups is 1. The molecular formula is C22H22BrN3O5S. The highest BCUT2D eigenvalue weighted by atomic mass is 79.9. The number of nitrogens with one attached hydrogen (secondary N) is 1. The molecule has 168 valence electrons. The number of furan rings is 1. The fourth-order valence-corrected chi connectivity index (χ4v) is 4.51. The zero-order valence-corrected chi connectivity index (χ0v) is 20.1. The normalized spacial score (nSPS) is 11.5. The smallest absolute Gasteiger partial charge is 0.264 e. The zero-order chi connectivity index (χ0) is 23.3. The summed E-state index contributed by atoms with van der Waals surface area (Å²) in [6.45, 7) is 3.17. The Morgan fingerprint density at radius 2 is 1.81 bits per heavy atom. The van der Waals surface area contributed by atoms with Crippen molar-refractivity contribution < 1.29 is 22.4 Å². The van der Waals surface area contributed by atoms with Crippen molar-refractivity contribution in [2.75, 3.05) is 18.0 Å². The molecule has 3 aromatic rings. The first kappa shape index (κ1) is 23.6. The number of carbonyl (C=O) groups excluding carboxylic acids is 1. The Balaban J connectivity index is 1.84. The van der Waals surface area contributed by atoms with Crippen LogP contribution < -0.4 is 14.5 Å². The molecule has 3 rings (SSSR count). The van der Waals surface area contributed by atoms with Crippen molar-refractivity contribution in [1.82, 2.24) is 5.43 Å². The molecule has 0 spiro atoms. The summed E-state index contributed by atoms with van der Waals surface area (Å²) in [6, 6.07) is 14.5. The summed E-state index contributed by atoms with van der Waals surface area (Å²) in [5.41, 5.74) is 3.58. The topological polar surface area (TPSA) is 101 Å². The molecule has 0 bridgehead atoms. The molecule has 10 heteroatoms. The number of carbonyl (C=O) groups is 1. The van der Waals surface area contributed by atoms with E-state index in [-0.39, 0.29) is 4.90 Å². The maximum atomic E-state index is 13.3. The number of halogens is 1. The van der Waals surface area contributed by atoms with Crippen molar-refractivity contribution in [2.45, 2.75) is 18.7 Å². The van der Waals surface area contributed by atoms with E-state index in [9.17, 15) is 13.2 Å². The number of rotatable bonds is 8. The third kappa shape index (κ3) is 5.57. The minimum absolute atomic E-state index is 0.0751. The zero-order valence-electron chi connectivity index (χ0n) is 17.7. The molecular weight excluding hydrogens is 498 g/mol. The van der Waals surface area contributed by atoms with Crippen molar-refractivity contribution in [3.63, 3.8) is 0 Å². The molecule has 0 fully saturated rings. The predicted octanol–water partition coefficient (Wildman–Crippen LogP) is 4.01. The number of anilines is 1. The number of aryl methyl sites for hydroxylation is 2. The Morgan fingerprint density at radius 3 is 2.38 bits per heavy atom. The van der Waals surface area contributed by atoms with E-state index in [2.05, 4.69) is 26.5 Å². The van der Waals surface area contributed by atoms with Crippen LogP contribution in [-0.2, 0) is 14.8 Å². The molecule has 0 aliphatic carbocycles. The van der Waals surface area contributed by atoms with Crippen LogP contribution in [0.4, 0.5) is 5.69 Å². The van der Waals surface area contributed by atoms with Crippen molar-refractivity contribution in [3.05, 3.63) is 76.2 Å². The third-order valence-corrected chi connectivity index (χ3v) is 7.09. The maximum absolute atomic E-state index is 13.3. The predicted molar refractivity (Wildman–Crippen MR) is 126 cm³/mol. The van der Waals surface area contributed by atoms with Gasteiger partial charge in [-0.15, -0.1) is 0 Å². The summed E-state index contributed by atoms with van der Waals surface area (Å²) in [5, 5.41) is 3.86. The molecule has 0 aliphatic heterocycles. The molecule has 1 heterocycles. The molecule has 32 heavy (non-hydrogen) atoms. The highest BCUT2D eigenvalue weighted by molar-refractivity contribution is 9.10. The van der Waals surface area contributed by atoms with Gasteiger partial charge < -0.3 is 9.15 Å². The van der Waals surface area contributed by atoms with E-state index < -0.39 is 22.5 Å². The number of sulfonamides is 1. The highest BCUT2D eigenvalue weighted by Gasteiger charge is 2.27. The lowest BCUT2D eigenvalue weighted by Crippen LogP contribution is -2.39.